The Morgan fingerprint density at radius 3 is 2.33 bits per heavy atom. The Hall–Kier alpha value is -1.24. The van der Waals surface area contributed by atoms with E-state index in [1.165, 1.54) is 0 Å². The summed E-state index contributed by atoms with van der Waals surface area (Å²) < 4.78 is 0. The lowest BCUT2D eigenvalue weighted by molar-refractivity contribution is 0.182. The van der Waals surface area contributed by atoms with Gasteiger partial charge in [-0.25, -0.2) is 19.6 Å². The Bertz CT molecular complexity index is 294. The SMILES string of the molecule is CC1(CN=C=O)CCC(CN=C=O)CC1. The molecule has 0 aliphatic heterocycles. The molecule has 0 aromatic rings. The fourth-order valence-corrected chi connectivity index (χ4v) is 2.10. The summed E-state index contributed by atoms with van der Waals surface area (Å²) in [6.45, 7) is 3.31. The monoisotopic (exact) mass is 208 g/mol. The third kappa shape index (κ3) is 3.78. The average Bonchev–Trinajstić information content (AvgIpc) is 2.26. The fourth-order valence-electron chi connectivity index (χ4n) is 2.10. The van der Waals surface area contributed by atoms with Crippen molar-refractivity contribution in [1.82, 2.24) is 0 Å². The van der Waals surface area contributed by atoms with Crippen LogP contribution >= 0.6 is 0 Å². The molecular formula is C11H16N2O2. The highest BCUT2D eigenvalue weighted by atomic mass is 16.1. The van der Waals surface area contributed by atoms with Gasteiger partial charge < -0.3 is 0 Å². The van der Waals surface area contributed by atoms with E-state index in [1.54, 1.807) is 12.2 Å². The molecule has 0 aromatic heterocycles. The Labute approximate surface area is 89.5 Å². The summed E-state index contributed by atoms with van der Waals surface area (Å²) in [6.07, 6.45) is 7.35. The van der Waals surface area contributed by atoms with Gasteiger partial charge in [-0.2, -0.15) is 0 Å². The van der Waals surface area contributed by atoms with Gasteiger partial charge in [0.15, 0.2) is 0 Å². The van der Waals surface area contributed by atoms with Crippen LogP contribution in [0.5, 0.6) is 0 Å². The highest BCUT2D eigenvalue weighted by molar-refractivity contribution is 5.33. The molecule has 0 atom stereocenters. The average molecular weight is 208 g/mol. The molecule has 0 amide bonds. The second kappa shape index (κ2) is 5.59. The Balaban J connectivity index is 2.39. The van der Waals surface area contributed by atoms with Gasteiger partial charge in [0.25, 0.3) is 0 Å². The molecule has 1 aliphatic carbocycles. The molecule has 4 nitrogen and oxygen atoms in total. The molecule has 4 heteroatoms. The van der Waals surface area contributed by atoms with Gasteiger partial charge in [-0.05, 0) is 37.0 Å². The third-order valence-electron chi connectivity index (χ3n) is 3.25. The summed E-state index contributed by atoms with van der Waals surface area (Å²) in [7, 11) is 0. The van der Waals surface area contributed by atoms with Crippen LogP contribution in [-0.4, -0.2) is 25.2 Å². The minimum atomic E-state index is 0.138. The summed E-state index contributed by atoms with van der Waals surface area (Å²) in [5.41, 5.74) is 0.138. The van der Waals surface area contributed by atoms with Gasteiger partial charge in [-0.1, -0.05) is 6.92 Å². The quantitative estimate of drug-likeness (QED) is 0.523. The molecule has 1 fully saturated rings. The molecule has 0 bridgehead atoms. The lowest BCUT2D eigenvalue weighted by Gasteiger charge is -2.35. The van der Waals surface area contributed by atoms with Crippen LogP contribution in [0, 0.1) is 11.3 Å². The van der Waals surface area contributed by atoms with Gasteiger partial charge in [-0.15, -0.1) is 0 Å². The highest BCUT2D eigenvalue weighted by Gasteiger charge is 2.30. The van der Waals surface area contributed by atoms with E-state index in [2.05, 4.69) is 16.9 Å². The van der Waals surface area contributed by atoms with Crippen LogP contribution in [0.4, 0.5) is 0 Å². The number of hydrogen-bond donors (Lipinski definition) is 0. The van der Waals surface area contributed by atoms with Crippen LogP contribution in [0.1, 0.15) is 32.6 Å². The molecule has 0 radical (unpaired) electrons. The molecule has 82 valence electrons. The lowest BCUT2D eigenvalue weighted by atomic mass is 9.72. The first-order chi connectivity index (χ1) is 7.20. The predicted molar refractivity (Wildman–Crippen MR) is 56.0 cm³/mol. The first-order valence-corrected chi connectivity index (χ1v) is 5.27. The van der Waals surface area contributed by atoms with Crippen LogP contribution in [0.2, 0.25) is 0 Å². The maximum absolute atomic E-state index is 10.0. The van der Waals surface area contributed by atoms with Crippen molar-refractivity contribution in [3.05, 3.63) is 0 Å². The number of aliphatic imine (C=N–C) groups is 2. The summed E-state index contributed by atoms with van der Waals surface area (Å²) in [6, 6.07) is 0. The fraction of sp³-hybridized carbons (Fsp3) is 0.818. The first kappa shape index (κ1) is 11.8. The smallest absolute Gasteiger partial charge is 0.211 e. The van der Waals surface area contributed by atoms with E-state index in [1.807, 2.05) is 0 Å². The third-order valence-corrected chi connectivity index (χ3v) is 3.25. The van der Waals surface area contributed by atoms with Crippen molar-refractivity contribution in [3.63, 3.8) is 0 Å². The topological polar surface area (TPSA) is 58.9 Å². The van der Waals surface area contributed by atoms with Crippen molar-refractivity contribution in [3.8, 4) is 0 Å². The molecule has 0 heterocycles. The molecular weight excluding hydrogens is 192 g/mol. The molecule has 0 saturated heterocycles. The second-order valence-corrected chi connectivity index (χ2v) is 4.59. The van der Waals surface area contributed by atoms with Crippen molar-refractivity contribution >= 4 is 12.2 Å². The van der Waals surface area contributed by atoms with Gasteiger partial charge in [0, 0.05) is 0 Å². The van der Waals surface area contributed by atoms with E-state index in [0.717, 1.165) is 25.7 Å². The van der Waals surface area contributed by atoms with Crippen molar-refractivity contribution in [2.45, 2.75) is 32.6 Å². The Kier molecular flexibility index (Phi) is 4.41. The zero-order chi connectivity index (χ0) is 11.1. The van der Waals surface area contributed by atoms with Crippen molar-refractivity contribution < 1.29 is 9.59 Å². The summed E-state index contributed by atoms with van der Waals surface area (Å²) in [5, 5.41) is 0. The van der Waals surface area contributed by atoms with Gasteiger partial charge in [0.1, 0.15) is 0 Å². The molecule has 1 rings (SSSR count). The lowest BCUT2D eigenvalue weighted by Crippen LogP contribution is -2.28. The van der Waals surface area contributed by atoms with E-state index in [4.69, 9.17) is 0 Å². The second-order valence-electron chi connectivity index (χ2n) is 4.59. The number of nitrogens with zero attached hydrogens (tertiary/aromatic N) is 2. The van der Waals surface area contributed by atoms with Gasteiger partial charge >= 0.3 is 0 Å². The minimum absolute atomic E-state index is 0.138. The minimum Gasteiger partial charge on any atom is -0.211 e. The normalized spacial score (nSPS) is 30.1. The Morgan fingerprint density at radius 1 is 1.20 bits per heavy atom. The number of rotatable bonds is 4. The summed E-state index contributed by atoms with van der Waals surface area (Å²) >= 11 is 0. The highest BCUT2D eigenvalue weighted by Crippen LogP contribution is 2.38. The zero-order valence-electron chi connectivity index (χ0n) is 9.03. The standard InChI is InChI=1S/C11H16N2O2/c1-11(7-13-9-15)4-2-10(3-5-11)6-12-8-14/h10H,2-7H2,1H3. The van der Waals surface area contributed by atoms with Gasteiger partial charge in [0.05, 0.1) is 13.1 Å². The van der Waals surface area contributed by atoms with Gasteiger partial charge in [0.2, 0.25) is 12.2 Å². The van der Waals surface area contributed by atoms with E-state index < -0.39 is 0 Å². The number of hydrogen-bond acceptors (Lipinski definition) is 4. The van der Waals surface area contributed by atoms with Crippen molar-refractivity contribution in [1.29, 1.82) is 0 Å². The van der Waals surface area contributed by atoms with E-state index in [0.29, 0.717) is 19.0 Å². The molecule has 1 saturated carbocycles. The largest absolute Gasteiger partial charge is 0.234 e. The van der Waals surface area contributed by atoms with Crippen LogP contribution in [0.15, 0.2) is 9.98 Å². The molecule has 1 aliphatic rings. The van der Waals surface area contributed by atoms with Crippen molar-refractivity contribution in [2.75, 3.05) is 13.1 Å². The van der Waals surface area contributed by atoms with E-state index >= 15 is 0 Å². The van der Waals surface area contributed by atoms with Crippen molar-refractivity contribution in [2.24, 2.45) is 21.3 Å². The molecule has 0 N–H and O–H groups in total. The van der Waals surface area contributed by atoms with Crippen LogP contribution < -0.4 is 0 Å². The van der Waals surface area contributed by atoms with Gasteiger partial charge in [-0.3, -0.25) is 0 Å². The Morgan fingerprint density at radius 2 is 1.80 bits per heavy atom. The van der Waals surface area contributed by atoms with E-state index in [-0.39, 0.29) is 5.41 Å². The number of carbonyl (C=O) groups excluding carboxylic acids is 2. The van der Waals surface area contributed by atoms with Crippen LogP contribution in [-0.2, 0) is 9.59 Å². The molecule has 0 unspecified atom stereocenters. The maximum Gasteiger partial charge on any atom is 0.234 e. The predicted octanol–water partition coefficient (Wildman–Crippen LogP) is 1.85. The molecule has 0 aromatic carbocycles. The first-order valence-electron chi connectivity index (χ1n) is 5.27. The maximum atomic E-state index is 10.0. The zero-order valence-corrected chi connectivity index (χ0v) is 9.03. The molecule has 0 spiro atoms. The van der Waals surface area contributed by atoms with E-state index in [9.17, 15) is 9.59 Å². The molecule has 15 heavy (non-hydrogen) atoms. The number of isocyanates is 2. The van der Waals surface area contributed by atoms with Crippen LogP contribution in [0.3, 0.4) is 0 Å². The van der Waals surface area contributed by atoms with Crippen LogP contribution in [0.25, 0.3) is 0 Å². The summed E-state index contributed by atoms with van der Waals surface area (Å²) in [5.74, 6) is 0.500. The summed E-state index contributed by atoms with van der Waals surface area (Å²) in [4.78, 5) is 27.3.